The summed E-state index contributed by atoms with van der Waals surface area (Å²) in [5.74, 6) is -1.88. The molecule has 1 amide bonds. The van der Waals surface area contributed by atoms with Gasteiger partial charge in [0.1, 0.15) is 5.82 Å². The van der Waals surface area contributed by atoms with E-state index in [0.717, 1.165) is 0 Å². The van der Waals surface area contributed by atoms with Crippen molar-refractivity contribution in [2.24, 2.45) is 0 Å². The third-order valence-corrected chi connectivity index (χ3v) is 2.65. The lowest BCUT2D eigenvalue weighted by Crippen LogP contribution is -2.34. The molecule has 1 atom stereocenters. The molecule has 4 nitrogen and oxygen atoms in total. The van der Waals surface area contributed by atoms with Crippen molar-refractivity contribution >= 4 is 27.8 Å². The summed E-state index contributed by atoms with van der Waals surface area (Å²) in [6.45, 7) is 1.59. The van der Waals surface area contributed by atoms with Gasteiger partial charge in [-0.1, -0.05) is 0 Å². The number of hydrogen-bond acceptors (Lipinski definition) is 2. The van der Waals surface area contributed by atoms with E-state index in [1.165, 1.54) is 18.2 Å². The Labute approximate surface area is 106 Å². The van der Waals surface area contributed by atoms with Crippen molar-refractivity contribution in [2.45, 2.75) is 19.4 Å². The Morgan fingerprint density at radius 3 is 2.71 bits per heavy atom. The summed E-state index contributed by atoms with van der Waals surface area (Å²) in [5.41, 5.74) is 0.274. The second-order valence-electron chi connectivity index (χ2n) is 3.60. The van der Waals surface area contributed by atoms with Gasteiger partial charge >= 0.3 is 5.97 Å². The van der Waals surface area contributed by atoms with Crippen molar-refractivity contribution in [1.82, 2.24) is 5.32 Å². The Hall–Kier alpha value is -1.43. The van der Waals surface area contributed by atoms with Crippen LogP contribution in [0.15, 0.2) is 22.7 Å². The number of carboxylic acid groups (broad SMARTS) is 1. The van der Waals surface area contributed by atoms with Gasteiger partial charge in [-0.3, -0.25) is 9.59 Å². The van der Waals surface area contributed by atoms with Gasteiger partial charge in [-0.15, -0.1) is 0 Å². The first-order valence-electron chi connectivity index (χ1n) is 4.88. The molecule has 1 aromatic carbocycles. The van der Waals surface area contributed by atoms with Gasteiger partial charge in [-0.25, -0.2) is 4.39 Å². The molecule has 1 aromatic rings. The minimum Gasteiger partial charge on any atom is -0.481 e. The van der Waals surface area contributed by atoms with Crippen LogP contribution in [-0.4, -0.2) is 23.0 Å². The van der Waals surface area contributed by atoms with Crippen LogP contribution in [0.25, 0.3) is 0 Å². The molecule has 6 heteroatoms. The number of amides is 1. The third-order valence-electron chi connectivity index (χ3n) is 2.04. The van der Waals surface area contributed by atoms with Crippen LogP contribution >= 0.6 is 15.9 Å². The normalized spacial score (nSPS) is 11.9. The zero-order chi connectivity index (χ0) is 13.0. The van der Waals surface area contributed by atoms with Crippen LogP contribution < -0.4 is 5.32 Å². The first-order valence-corrected chi connectivity index (χ1v) is 5.67. The molecule has 0 saturated carbocycles. The van der Waals surface area contributed by atoms with E-state index >= 15 is 0 Å². The largest absolute Gasteiger partial charge is 0.481 e. The second-order valence-corrected chi connectivity index (χ2v) is 4.46. The minimum atomic E-state index is -0.988. The maximum Gasteiger partial charge on any atom is 0.305 e. The average molecular weight is 304 g/mol. The SMILES string of the molecule is CC(CC(=O)O)NC(=O)c1ccc(F)c(Br)c1. The zero-order valence-electron chi connectivity index (χ0n) is 9.04. The maximum atomic E-state index is 12.9. The van der Waals surface area contributed by atoms with Gasteiger partial charge in [0.15, 0.2) is 0 Å². The molecule has 0 heterocycles. The smallest absolute Gasteiger partial charge is 0.305 e. The molecule has 0 bridgehead atoms. The number of carbonyl (C=O) groups excluding carboxylic acids is 1. The van der Waals surface area contributed by atoms with E-state index in [0.29, 0.717) is 0 Å². The van der Waals surface area contributed by atoms with Crippen LogP contribution in [0.4, 0.5) is 4.39 Å². The summed E-state index contributed by atoms with van der Waals surface area (Å²) in [4.78, 5) is 22.1. The fourth-order valence-electron chi connectivity index (χ4n) is 1.26. The van der Waals surface area contributed by atoms with Crippen molar-refractivity contribution < 1.29 is 19.1 Å². The van der Waals surface area contributed by atoms with E-state index in [1.54, 1.807) is 6.92 Å². The molecule has 0 radical (unpaired) electrons. The Balaban J connectivity index is 2.70. The average Bonchev–Trinajstić information content (AvgIpc) is 2.20. The van der Waals surface area contributed by atoms with Gasteiger partial charge in [-0.05, 0) is 41.1 Å². The fraction of sp³-hybridized carbons (Fsp3) is 0.273. The van der Waals surface area contributed by atoms with Gasteiger partial charge in [-0.2, -0.15) is 0 Å². The number of nitrogens with one attached hydrogen (secondary N) is 1. The van der Waals surface area contributed by atoms with Gasteiger partial charge in [0, 0.05) is 11.6 Å². The second kappa shape index (κ2) is 5.77. The van der Waals surface area contributed by atoms with E-state index in [1.807, 2.05) is 0 Å². The van der Waals surface area contributed by atoms with Crippen LogP contribution in [0.5, 0.6) is 0 Å². The highest BCUT2D eigenvalue weighted by Gasteiger charge is 2.13. The van der Waals surface area contributed by atoms with Gasteiger partial charge in [0.05, 0.1) is 10.9 Å². The van der Waals surface area contributed by atoms with Crippen molar-refractivity contribution in [3.8, 4) is 0 Å². The molecule has 0 aliphatic heterocycles. The highest BCUT2D eigenvalue weighted by molar-refractivity contribution is 9.10. The van der Waals surface area contributed by atoms with Crippen molar-refractivity contribution in [2.75, 3.05) is 0 Å². The van der Waals surface area contributed by atoms with E-state index < -0.39 is 23.7 Å². The predicted octanol–water partition coefficient (Wildman–Crippen LogP) is 2.18. The first-order chi connectivity index (χ1) is 7.90. The van der Waals surface area contributed by atoms with E-state index in [4.69, 9.17) is 5.11 Å². The number of benzene rings is 1. The van der Waals surface area contributed by atoms with E-state index in [2.05, 4.69) is 21.2 Å². The summed E-state index contributed by atoms with van der Waals surface area (Å²) in [7, 11) is 0. The summed E-state index contributed by atoms with van der Waals surface area (Å²) < 4.78 is 13.1. The summed E-state index contributed by atoms with van der Waals surface area (Å²) in [5, 5.41) is 11.1. The highest BCUT2D eigenvalue weighted by Crippen LogP contribution is 2.16. The number of hydrogen-bond donors (Lipinski definition) is 2. The van der Waals surface area contributed by atoms with Crippen LogP contribution in [0.2, 0.25) is 0 Å². The molecule has 0 aliphatic carbocycles. The number of carboxylic acids is 1. The molecule has 2 N–H and O–H groups in total. The van der Waals surface area contributed by atoms with Crippen LogP contribution in [0, 0.1) is 5.82 Å². The zero-order valence-corrected chi connectivity index (χ0v) is 10.6. The maximum absolute atomic E-state index is 12.9. The fourth-order valence-corrected chi connectivity index (χ4v) is 1.64. The molecule has 1 rings (SSSR count). The Morgan fingerprint density at radius 2 is 2.18 bits per heavy atom. The number of rotatable bonds is 4. The Kier molecular flexibility index (Phi) is 4.62. The molecule has 0 spiro atoms. The van der Waals surface area contributed by atoms with Crippen molar-refractivity contribution in [1.29, 1.82) is 0 Å². The Morgan fingerprint density at radius 1 is 1.53 bits per heavy atom. The predicted molar refractivity (Wildman–Crippen MR) is 63.3 cm³/mol. The molecule has 0 fully saturated rings. The van der Waals surface area contributed by atoms with Crippen LogP contribution in [0.3, 0.4) is 0 Å². The molecule has 1 unspecified atom stereocenters. The molecular formula is C11H11BrFNO3. The van der Waals surface area contributed by atoms with Crippen LogP contribution in [0.1, 0.15) is 23.7 Å². The third kappa shape index (κ3) is 4.14. The number of halogens is 2. The summed E-state index contributed by atoms with van der Waals surface area (Å²) >= 11 is 2.97. The topological polar surface area (TPSA) is 66.4 Å². The minimum absolute atomic E-state index is 0.159. The molecule has 92 valence electrons. The standard InChI is InChI=1S/C11H11BrFNO3/c1-6(4-10(15)16)14-11(17)7-2-3-9(13)8(12)5-7/h2-3,5-6H,4H2,1H3,(H,14,17)(H,15,16). The number of carbonyl (C=O) groups is 2. The van der Waals surface area contributed by atoms with Gasteiger partial charge in [0.25, 0.3) is 5.91 Å². The van der Waals surface area contributed by atoms with Gasteiger partial charge in [0.2, 0.25) is 0 Å². The van der Waals surface area contributed by atoms with Crippen LogP contribution in [-0.2, 0) is 4.79 Å². The molecule has 17 heavy (non-hydrogen) atoms. The quantitative estimate of drug-likeness (QED) is 0.896. The monoisotopic (exact) mass is 303 g/mol. The molecule has 0 aromatic heterocycles. The van der Waals surface area contributed by atoms with E-state index in [9.17, 15) is 14.0 Å². The Bertz CT molecular complexity index is 450. The number of aliphatic carboxylic acids is 1. The van der Waals surface area contributed by atoms with E-state index in [-0.39, 0.29) is 16.5 Å². The van der Waals surface area contributed by atoms with Gasteiger partial charge < -0.3 is 10.4 Å². The molecular weight excluding hydrogens is 293 g/mol. The lowest BCUT2D eigenvalue weighted by Gasteiger charge is -2.11. The van der Waals surface area contributed by atoms with Crippen molar-refractivity contribution in [3.05, 3.63) is 34.1 Å². The highest BCUT2D eigenvalue weighted by atomic mass is 79.9. The van der Waals surface area contributed by atoms with Crippen molar-refractivity contribution in [3.63, 3.8) is 0 Å². The summed E-state index contributed by atoms with van der Waals surface area (Å²) in [6.07, 6.45) is -0.159. The summed E-state index contributed by atoms with van der Waals surface area (Å²) in [6, 6.07) is 3.37. The lowest BCUT2D eigenvalue weighted by molar-refractivity contribution is -0.137. The lowest BCUT2D eigenvalue weighted by atomic mass is 10.2. The first kappa shape index (κ1) is 13.6. The molecule has 0 saturated heterocycles. The molecule has 0 aliphatic rings.